The molecular weight excluding hydrogens is 414 g/mol. The summed E-state index contributed by atoms with van der Waals surface area (Å²) in [6.45, 7) is 7.73. The van der Waals surface area contributed by atoms with E-state index in [2.05, 4.69) is 32.8 Å². The first-order valence-electron chi connectivity index (χ1n) is 9.68. The summed E-state index contributed by atoms with van der Waals surface area (Å²) in [6, 6.07) is 6.99. The van der Waals surface area contributed by atoms with Gasteiger partial charge in [0.2, 0.25) is 5.91 Å². The normalized spacial score (nSPS) is 15.3. The molecule has 0 bridgehead atoms. The van der Waals surface area contributed by atoms with E-state index < -0.39 is 0 Å². The maximum atomic E-state index is 12.9. The average Bonchev–Trinajstić information content (AvgIpc) is 3.05. The molecule has 158 valence electrons. The van der Waals surface area contributed by atoms with Crippen LogP contribution in [0.25, 0.3) is 10.1 Å². The molecule has 1 aromatic carbocycles. The molecule has 0 aliphatic carbocycles. The number of hydrogen-bond acceptors (Lipinski definition) is 6. The van der Waals surface area contributed by atoms with Gasteiger partial charge in [0.25, 0.3) is 11.8 Å². The second kappa shape index (κ2) is 8.19. The van der Waals surface area contributed by atoms with Crippen LogP contribution < -0.4 is 21.3 Å². The van der Waals surface area contributed by atoms with Crippen LogP contribution in [-0.2, 0) is 4.79 Å². The van der Waals surface area contributed by atoms with Gasteiger partial charge in [-0.3, -0.25) is 19.4 Å². The number of aryl methyl sites for hydroxylation is 1. The summed E-state index contributed by atoms with van der Waals surface area (Å²) in [6.07, 6.45) is 2.69. The molecule has 1 aliphatic heterocycles. The first-order chi connectivity index (χ1) is 14.9. The largest absolute Gasteiger partial charge is 0.381 e. The van der Waals surface area contributed by atoms with Gasteiger partial charge in [-0.15, -0.1) is 11.3 Å². The second-order valence-corrected chi connectivity index (χ2v) is 8.33. The molecule has 3 amide bonds. The van der Waals surface area contributed by atoms with Crippen LogP contribution in [0.2, 0.25) is 0 Å². The molecule has 31 heavy (non-hydrogen) atoms. The number of amides is 3. The number of fused-ring (bicyclic) bond motifs is 3. The highest BCUT2D eigenvalue weighted by molar-refractivity contribution is 7.21. The van der Waals surface area contributed by atoms with Crippen molar-refractivity contribution in [3.8, 4) is 0 Å². The van der Waals surface area contributed by atoms with E-state index in [-0.39, 0.29) is 23.8 Å². The minimum absolute atomic E-state index is 0.0124. The summed E-state index contributed by atoms with van der Waals surface area (Å²) >= 11 is 1.39. The van der Waals surface area contributed by atoms with Crippen LogP contribution in [0.1, 0.15) is 32.6 Å². The highest BCUT2D eigenvalue weighted by Crippen LogP contribution is 2.37. The molecule has 1 atom stereocenters. The fourth-order valence-electron chi connectivity index (χ4n) is 3.28. The number of carbonyl (C=O) groups is 3. The first kappa shape index (κ1) is 20.5. The molecule has 2 aromatic heterocycles. The third kappa shape index (κ3) is 4.13. The lowest BCUT2D eigenvalue weighted by Gasteiger charge is -2.11. The van der Waals surface area contributed by atoms with Crippen LogP contribution in [0, 0.1) is 6.92 Å². The molecule has 0 fully saturated rings. The maximum absolute atomic E-state index is 12.9. The van der Waals surface area contributed by atoms with E-state index in [1.807, 2.05) is 13.0 Å². The van der Waals surface area contributed by atoms with Gasteiger partial charge in [0.05, 0.1) is 29.0 Å². The number of hydrogen-bond donors (Lipinski definition) is 4. The number of thiophene rings is 1. The van der Waals surface area contributed by atoms with Crippen LogP contribution in [0.15, 0.2) is 43.1 Å². The Hall–Kier alpha value is -3.72. The van der Waals surface area contributed by atoms with E-state index in [4.69, 9.17) is 0 Å². The number of pyridine rings is 1. The zero-order chi connectivity index (χ0) is 22.1. The highest BCUT2D eigenvalue weighted by atomic mass is 32.1. The average molecular weight is 436 g/mol. The van der Waals surface area contributed by atoms with E-state index in [1.165, 1.54) is 23.6 Å². The van der Waals surface area contributed by atoms with Gasteiger partial charge >= 0.3 is 0 Å². The topological polar surface area (TPSA) is 112 Å². The van der Waals surface area contributed by atoms with Gasteiger partial charge in [-0.1, -0.05) is 6.58 Å². The number of nitrogens with zero attached hydrogens (tertiary/aromatic N) is 1. The van der Waals surface area contributed by atoms with E-state index in [0.29, 0.717) is 34.1 Å². The SMILES string of the molecule is C=CC(=O)Nc1cc(NC(=O)c2ccc3sc4c(c3c2)NCC(C)NC4=O)cnc1C. The standard InChI is InChI=1S/C22H21N5O3S/c1-4-18(28)27-16-8-14(10-23-12(16)3)26-21(29)13-5-6-17-15(7-13)19-20(31-17)22(30)25-11(2)9-24-19/h4-8,10-11,24H,1,9H2,2-3H3,(H,25,30)(H,26,29)(H,27,28). The smallest absolute Gasteiger partial charge is 0.263 e. The molecule has 0 saturated heterocycles. The van der Waals surface area contributed by atoms with Crippen molar-refractivity contribution in [3.63, 3.8) is 0 Å². The van der Waals surface area contributed by atoms with Crippen LogP contribution in [0.5, 0.6) is 0 Å². The summed E-state index contributed by atoms with van der Waals surface area (Å²) in [7, 11) is 0. The van der Waals surface area contributed by atoms with Gasteiger partial charge < -0.3 is 21.3 Å². The van der Waals surface area contributed by atoms with Crippen molar-refractivity contribution in [1.82, 2.24) is 10.3 Å². The lowest BCUT2D eigenvalue weighted by atomic mass is 10.1. The number of benzene rings is 1. The van der Waals surface area contributed by atoms with Crippen molar-refractivity contribution >= 4 is 56.2 Å². The Labute approximate surface area is 182 Å². The Morgan fingerprint density at radius 3 is 2.87 bits per heavy atom. The Morgan fingerprint density at radius 2 is 2.10 bits per heavy atom. The van der Waals surface area contributed by atoms with Crippen molar-refractivity contribution in [3.05, 3.63) is 59.3 Å². The van der Waals surface area contributed by atoms with Crippen LogP contribution >= 0.6 is 11.3 Å². The Morgan fingerprint density at radius 1 is 1.29 bits per heavy atom. The molecule has 3 heterocycles. The monoisotopic (exact) mass is 435 g/mol. The Balaban J connectivity index is 1.62. The predicted molar refractivity (Wildman–Crippen MR) is 123 cm³/mol. The van der Waals surface area contributed by atoms with Crippen LogP contribution in [-0.4, -0.2) is 35.3 Å². The van der Waals surface area contributed by atoms with Crippen molar-refractivity contribution in [2.24, 2.45) is 0 Å². The van der Waals surface area contributed by atoms with E-state index in [0.717, 1.165) is 15.8 Å². The molecule has 4 N–H and O–H groups in total. The third-order valence-electron chi connectivity index (χ3n) is 4.91. The highest BCUT2D eigenvalue weighted by Gasteiger charge is 2.24. The quantitative estimate of drug-likeness (QED) is 0.469. The van der Waals surface area contributed by atoms with Gasteiger partial charge in [-0.25, -0.2) is 0 Å². The number of aromatic nitrogens is 1. The zero-order valence-electron chi connectivity index (χ0n) is 17.0. The summed E-state index contributed by atoms with van der Waals surface area (Å²) < 4.78 is 0.921. The van der Waals surface area contributed by atoms with E-state index in [9.17, 15) is 14.4 Å². The van der Waals surface area contributed by atoms with E-state index in [1.54, 1.807) is 25.1 Å². The number of rotatable bonds is 4. The van der Waals surface area contributed by atoms with E-state index >= 15 is 0 Å². The summed E-state index contributed by atoms with van der Waals surface area (Å²) in [5.74, 6) is -0.790. The molecule has 1 aliphatic rings. The molecule has 3 aromatic rings. The molecular formula is C22H21N5O3S. The summed E-state index contributed by atoms with van der Waals surface area (Å²) in [5.41, 5.74) is 2.76. The summed E-state index contributed by atoms with van der Waals surface area (Å²) in [4.78, 5) is 41.7. The van der Waals surface area contributed by atoms with Gasteiger partial charge in [0, 0.05) is 28.2 Å². The number of anilines is 3. The Kier molecular flexibility index (Phi) is 5.43. The third-order valence-corrected chi connectivity index (χ3v) is 6.08. The molecule has 4 rings (SSSR count). The van der Waals surface area contributed by atoms with Gasteiger partial charge in [0.15, 0.2) is 0 Å². The molecule has 9 heteroatoms. The fraction of sp³-hybridized carbons (Fsp3) is 0.182. The zero-order valence-corrected chi connectivity index (χ0v) is 17.9. The molecule has 0 radical (unpaired) electrons. The molecule has 0 saturated carbocycles. The number of nitrogens with one attached hydrogen (secondary N) is 4. The van der Waals surface area contributed by atoms with Gasteiger partial charge in [-0.05, 0) is 44.2 Å². The summed E-state index contributed by atoms with van der Waals surface area (Å²) in [5, 5.41) is 12.6. The molecule has 0 spiro atoms. The van der Waals surface area contributed by atoms with Crippen molar-refractivity contribution in [1.29, 1.82) is 0 Å². The van der Waals surface area contributed by atoms with Gasteiger partial charge in [0.1, 0.15) is 4.88 Å². The first-order valence-corrected chi connectivity index (χ1v) is 10.5. The lowest BCUT2D eigenvalue weighted by molar-refractivity contribution is -0.111. The van der Waals surface area contributed by atoms with Crippen molar-refractivity contribution in [2.45, 2.75) is 19.9 Å². The molecule has 8 nitrogen and oxygen atoms in total. The van der Waals surface area contributed by atoms with Crippen LogP contribution in [0.3, 0.4) is 0 Å². The minimum Gasteiger partial charge on any atom is -0.381 e. The lowest BCUT2D eigenvalue weighted by Crippen LogP contribution is -2.34. The maximum Gasteiger partial charge on any atom is 0.263 e. The fourth-order valence-corrected chi connectivity index (χ4v) is 4.35. The number of carbonyl (C=O) groups excluding carboxylic acids is 3. The van der Waals surface area contributed by atoms with Crippen molar-refractivity contribution in [2.75, 3.05) is 22.5 Å². The minimum atomic E-state index is -0.358. The predicted octanol–water partition coefficient (Wildman–Crippen LogP) is 3.53. The molecule has 1 unspecified atom stereocenters. The Bertz CT molecular complexity index is 1230. The van der Waals surface area contributed by atoms with Gasteiger partial charge in [-0.2, -0.15) is 0 Å². The van der Waals surface area contributed by atoms with Crippen molar-refractivity contribution < 1.29 is 14.4 Å². The second-order valence-electron chi connectivity index (χ2n) is 7.28. The van der Waals surface area contributed by atoms with Crippen LogP contribution in [0.4, 0.5) is 17.1 Å².